The highest BCUT2D eigenvalue weighted by atomic mass is 32.3. The summed E-state index contributed by atoms with van der Waals surface area (Å²) in [6.45, 7) is 9.48. The summed E-state index contributed by atoms with van der Waals surface area (Å²) in [7, 11) is -1.73. The first-order valence-corrected chi connectivity index (χ1v) is 6.34. The van der Waals surface area contributed by atoms with Gasteiger partial charge in [0.1, 0.15) is 20.3 Å². The van der Waals surface area contributed by atoms with E-state index >= 15 is 0 Å². The Kier molecular flexibility index (Phi) is 10.5. The van der Waals surface area contributed by atoms with Crippen LogP contribution >= 0.6 is 0 Å². The molecule has 17 heavy (non-hydrogen) atoms. The molecular formula is C9H21NO6S. The van der Waals surface area contributed by atoms with Crippen molar-refractivity contribution in [1.82, 2.24) is 0 Å². The topological polar surface area (TPSA) is 84.9 Å². The molecule has 0 spiro atoms. The zero-order valence-electron chi connectivity index (χ0n) is 10.7. The van der Waals surface area contributed by atoms with Gasteiger partial charge in [-0.2, -0.15) is 9.68 Å². The highest BCUT2D eigenvalue weighted by Crippen LogP contribution is 2.04. The maximum Gasteiger partial charge on any atom is 0.217 e. The zero-order chi connectivity index (χ0) is 13.9. The van der Waals surface area contributed by atoms with Crippen molar-refractivity contribution in [3.8, 4) is 0 Å². The Bertz CT molecular complexity index is 284. The molecule has 7 nitrogen and oxygen atoms in total. The molecule has 0 atom stereocenters. The first-order valence-electron chi connectivity index (χ1n) is 5.01. The standard InChI is InChI=1S/C8H18NO2.CH4O4S/c1-5-8-9(4,10-6-2)11-7-3;1-5-6(2,3)4/h5H,1,6-8H2,2-4H3;1H3,(H,2,3,4)/q+1;/p-1. The molecule has 0 aliphatic rings. The zero-order valence-corrected chi connectivity index (χ0v) is 11.5. The van der Waals surface area contributed by atoms with Crippen LogP contribution in [0.1, 0.15) is 13.8 Å². The fourth-order valence-corrected chi connectivity index (χ4v) is 0.923. The van der Waals surface area contributed by atoms with Crippen LogP contribution in [0.3, 0.4) is 0 Å². The minimum Gasteiger partial charge on any atom is -0.726 e. The summed E-state index contributed by atoms with van der Waals surface area (Å²) in [4.78, 5) is 10.9. The van der Waals surface area contributed by atoms with E-state index in [-0.39, 0.29) is 4.81 Å². The van der Waals surface area contributed by atoms with Gasteiger partial charge in [-0.3, -0.25) is 4.18 Å². The minimum absolute atomic E-state index is 0.163. The Morgan fingerprint density at radius 2 is 1.65 bits per heavy atom. The van der Waals surface area contributed by atoms with E-state index in [0.29, 0.717) is 19.8 Å². The molecule has 0 rings (SSSR count). The Morgan fingerprint density at radius 3 is 1.82 bits per heavy atom. The summed E-state index contributed by atoms with van der Waals surface area (Å²) in [6.07, 6.45) is 1.78. The first-order chi connectivity index (χ1) is 7.74. The molecule has 0 saturated carbocycles. The predicted molar refractivity (Wildman–Crippen MR) is 61.2 cm³/mol. The fraction of sp³-hybridized carbons (Fsp3) is 0.778. The lowest BCUT2D eigenvalue weighted by molar-refractivity contribution is -1.23. The smallest absolute Gasteiger partial charge is 0.217 e. The van der Waals surface area contributed by atoms with Crippen molar-refractivity contribution in [2.75, 3.05) is 33.9 Å². The molecule has 0 fully saturated rings. The van der Waals surface area contributed by atoms with Crippen molar-refractivity contribution in [2.24, 2.45) is 0 Å². The van der Waals surface area contributed by atoms with Crippen LogP contribution in [0.5, 0.6) is 0 Å². The van der Waals surface area contributed by atoms with Gasteiger partial charge in [0.15, 0.2) is 6.54 Å². The van der Waals surface area contributed by atoms with Crippen LogP contribution in [0.15, 0.2) is 12.7 Å². The Hall–Kier alpha value is -0.510. The molecule has 0 saturated heterocycles. The van der Waals surface area contributed by atoms with Crippen LogP contribution in [0.25, 0.3) is 0 Å². The van der Waals surface area contributed by atoms with Gasteiger partial charge in [-0.15, -0.1) is 0 Å². The molecular weight excluding hydrogens is 250 g/mol. The third kappa shape index (κ3) is 13.4. The van der Waals surface area contributed by atoms with Crippen molar-refractivity contribution >= 4 is 10.4 Å². The number of quaternary nitrogens is 1. The van der Waals surface area contributed by atoms with Crippen molar-refractivity contribution in [3.63, 3.8) is 0 Å². The van der Waals surface area contributed by atoms with Crippen molar-refractivity contribution < 1.29 is 31.6 Å². The van der Waals surface area contributed by atoms with E-state index < -0.39 is 10.4 Å². The number of rotatable bonds is 7. The molecule has 0 N–H and O–H groups in total. The van der Waals surface area contributed by atoms with E-state index in [1.165, 1.54) is 0 Å². The molecule has 0 aromatic heterocycles. The summed E-state index contributed by atoms with van der Waals surface area (Å²) in [5.74, 6) is 0. The molecule has 0 amide bonds. The van der Waals surface area contributed by atoms with E-state index in [9.17, 15) is 13.0 Å². The molecule has 0 radical (unpaired) electrons. The maximum atomic E-state index is 9.22. The Balaban J connectivity index is 0. The highest BCUT2D eigenvalue weighted by molar-refractivity contribution is 7.80. The lowest BCUT2D eigenvalue weighted by atomic mass is 10.6. The molecule has 0 aliphatic heterocycles. The molecule has 104 valence electrons. The first kappa shape index (κ1) is 18.8. The quantitative estimate of drug-likeness (QED) is 0.222. The van der Waals surface area contributed by atoms with Crippen LogP contribution in [0.2, 0.25) is 0 Å². The fourth-order valence-electron chi connectivity index (χ4n) is 0.923. The summed E-state index contributed by atoms with van der Waals surface area (Å²) in [6, 6.07) is 0. The van der Waals surface area contributed by atoms with Crippen molar-refractivity contribution in [3.05, 3.63) is 12.7 Å². The Morgan fingerprint density at radius 1 is 1.29 bits per heavy atom. The van der Waals surface area contributed by atoms with Crippen LogP contribution in [0, 0.1) is 0 Å². The second kappa shape index (κ2) is 9.51. The van der Waals surface area contributed by atoms with Crippen molar-refractivity contribution in [1.29, 1.82) is 0 Å². The largest absolute Gasteiger partial charge is 0.726 e. The maximum absolute atomic E-state index is 9.22. The van der Waals surface area contributed by atoms with Crippen LogP contribution in [-0.4, -0.2) is 51.7 Å². The molecule has 0 bridgehead atoms. The second-order valence-corrected chi connectivity index (χ2v) is 4.05. The third-order valence-electron chi connectivity index (χ3n) is 1.47. The minimum atomic E-state index is -4.41. The van der Waals surface area contributed by atoms with E-state index in [1.807, 2.05) is 20.9 Å². The van der Waals surface area contributed by atoms with Gasteiger partial charge in [0, 0.05) is 0 Å². The van der Waals surface area contributed by atoms with Gasteiger partial charge < -0.3 is 4.55 Å². The average molecular weight is 271 g/mol. The molecule has 0 aromatic carbocycles. The molecule has 0 unspecified atom stereocenters. The van der Waals surface area contributed by atoms with Gasteiger partial charge in [-0.05, 0) is 24.7 Å². The van der Waals surface area contributed by atoms with E-state index in [0.717, 1.165) is 7.11 Å². The average Bonchev–Trinajstić information content (AvgIpc) is 2.18. The molecule has 8 heteroatoms. The molecule has 0 aromatic rings. The van der Waals surface area contributed by atoms with Crippen molar-refractivity contribution in [2.45, 2.75) is 13.8 Å². The number of nitrogens with zero attached hydrogens (tertiary/aromatic N) is 1. The summed E-state index contributed by atoms with van der Waals surface area (Å²) < 4.78 is 31.0. The van der Waals surface area contributed by atoms with Gasteiger partial charge in [0.05, 0.1) is 7.11 Å². The van der Waals surface area contributed by atoms with E-state index in [1.54, 1.807) is 6.08 Å². The van der Waals surface area contributed by atoms with E-state index in [2.05, 4.69) is 10.8 Å². The van der Waals surface area contributed by atoms with Crippen LogP contribution < -0.4 is 0 Å². The normalized spacial score (nSPS) is 11.6. The highest BCUT2D eigenvalue weighted by Gasteiger charge is 2.21. The number of hydrogen-bond donors (Lipinski definition) is 0. The lowest BCUT2D eigenvalue weighted by Gasteiger charge is -2.26. The number of hydroxylamine groups is 4. The summed E-state index contributed by atoms with van der Waals surface area (Å²) in [5.41, 5.74) is 0. The number of likely N-dealkylation sites (N-methyl/N-ethyl adjacent to an activating group) is 1. The number of hydrogen-bond acceptors (Lipinski definition) is 6. The van der Waals surface area contributed by atoms with Crippen LogP contribution in [0.4, 0.5) is 0 Å². The Labute approximate surface area is 103 Å². The predicted octanol–water partition coefficient (Wildman–Crippen LogP) is 0.615. The molecule has 0 aliphatic carbocycles. The van der Waals surface area contributed by atoms with Gasteiger partial charge in [0.25, 0.3) is 0 Å². The third-order valence-corrected chi connectivity index (χ3v) is 1.88. The van der Waals surface area contributed by atoms with E-state index in [4.69, 9.17) is 9.68 Å². The SMILES string of the molecule is C=CC[N+](C)(OCC)OCC.COS(=O)(=O)[O-]. The van der Waals surface area contributed by atoms with Crippen LogP contribution in [-0.2, 0) is 24.3 Å². The summed E-state index contributed by atoms with van der Waals surface area (Å²) in [5, 5.41) is 0. The van der Waals surface area contributed by atoms with Gasteiger partial charge in [-0.1, -0.05) is 6.58 Å². The molecule has 0 heterocycles. The second-order valence-electron chi connectivity index (χ2n) is 2.90. The summed E-state index contributed by atoms with van der Waals surface area (Å²) >= 11 is 0. The monoisotopic (exact) mass is 271 g/mol. The lowest BCUT2D eigenvalue weighted by Crippen LogP contribution is -2.43. The van der Waals surface area contributed by atoms with Gasteiger partial charge in [0.2, 0.25) is 10.4 Å². The van der Waals surface area contributed by atoms with Gasteiger partial charge >= 0.3 is 0 Å². The van der Waals surface area contributed by atoms with Gasteiger partial charge in [-0.25, -0.2) is 8.42 Å².